The minimum absolute atomic E-state index is 0.00474. The van der Waals surface area contributed by atoms with Crippen molar-refractivity contribution in [2.75, 3.05) is 37.1 Å². The predicted molar refractivity (Wildman–Crippen MR) is 242 cm³/mol. The zero-order valence-corrected chi connectivity index (χ0v) is 38.0. The van der Waals surface area contributed by atoms with Gasteiger partial charge in [0.25, 0.3) is 10.9 Å². The van der Waals surface area contributed by atoms with Crippen molar-refractivity contribution in [1.29, 1.82) is 0 Å². The summed E-state index contributed by atoms with van der Waals surface area (Å²) in [5.74, 6) is -2.21. The molecule has 0 amide bonds. The van der Waals surface area contributed by atoms with Crippen LogP contribution < -0.4 is 32.1 Å². The molecule has 16 nitrogen and oxygen atoms in total. The fourth-order valence-corrected chi connectivity index (χ4v) is 10.3. The Bertz CT molecular complexity index is 2920. The molecule has 0 saturated heterocycles. The van der Waals surface area contributed by atoms with E-state index in [9.17, 15) is 46.5 Å². The van der Waals surface area contributed by atoms with E-state index in [0.29, 0.717) is 17.5 Å². The Morgan fingerprint density at radius 1 is 0.714 bits per heavy atom. The smallest absolute Gasteiger partial charge is 0.253 e. The molecule has 7 N–H and O–H groups in total. The zero-order chi connectivity index (χ0) is 46.3. The number of aromatic hydroxyl groups is 2. The molecule has 2 unspecified atom stereocenters. The number of carbonyl (C=O) groups excluding carboxylic acids is 1. The quantitative estimate of drug-likeness (QED) is 0.0399. The number of ketones is 1. The highest BCUT2D eigenvalue weighted by Crippen LogP contribution is 2.42. The molecule has 20 heteroatoms. The van der Waals surface area contributed by atoms with Crippen LogP contribution in [0.15, 0.2) is 110 Å². The summed E-state index contributed by atoms with van der Waals surface area (Å²) in [4.78, 5) is 37.2. The molecule has 0 fully saturated rings. The van der Waals surface area contributed by atoms with E-state index in [-0.39, 0.29) is 62.7 Å². The summed E-state index contributed by atoms with van der Waals surface area (Å²) in [6.07, 6.45) is -1.14. The Balaban J connectivity index is 1.22. The van der Waals surface area contributed by atoms with E-state index in [4.69, 9.17) is 23.2 Å². The minimum Gasteiger partial charge on any atom is -0.504 e. The van der Waals surface area contributed by atoms with E-state index in [1.54, 1.807) is 24.3 Å². The van der Waals surface area contributed by atoms with Gasteiger partial charge in [0, 0.05) is 27.7 Å². The maximum absolute atomic E-state index is 14.1. The van der Waals surface area contributed by atoms with Crippen LogP contribution in [-0.2, 0) is 31.4 Å². The number of aliphatic hydroxyl groups is 1. The third-order valence-electron chi connectivity index (χ3n) is 10.7. The molecular formula is C43H46Cl2N6O10S2. The van der Waals surface area contributed by atoms with E-state index in [1.807, 2.05) is 51.1 Å². The van der Waals surface area contributed by atoms with Gasteiger partial charge in [-0.2, -0.15) is 4.31 Å². The standard InChI is InChI=1S/C43H46Cl2N6O10S2/c1-7-28(46-32-33(39(55)38(32)54)47-29-18-16-26(44)42(36(29)52)62(58,59)50(4)5)25-15-11-12-23(20-25)21-51(6)63(60,61)43-27(45)17-19-30(37(43)53)48-34-35(41(57)40(34)56)49-31(22(2)3)24-13-9-8-10-14-24/h8-20,22,28,31,38,46-49,52-54H,7,21H2,1-6H3/t28-,31?,38?/m1/s1. The molecular weight excluding hydrogens is 896 g/mol. The van der Waals surface area contributed by atoms with Crippen molar-refractivity contribution in [1.82, 2.24) is 13.9 Å². The van der Waals surface area contributed by atoms with Crippen molar-refractivity contribution in [2.45, 2.75) is 61.7 Å². The van der Waals surface area contributed by atoms with Crippen molar-refractivity contribution >= 4 is 71.8 Å². The van der Waals surface area contributed by atoms with E-state index in [2.05, 4.69) is 21.3 Å². The van der Waals surface area contributed by atoms with Gasteiger partial charge < -0.3 is 36.6 Å². The number of sulfonamides is 2. The number of hydrogen-bond donors (Lipinski definition) is 7. The van der Waals surface area contributed by atoms with E-state index >= 15 is 0 Å². The Hall–Kier alpha value is -5.47. The molecule has 63 heavy (non-hydrogen) atoms. The van der Waals surface area contributed by atoms with Crippen LogP contribution in [-0.4, -0.2) is 73.8 Å². The highest BCUT2D eigenvalue weighted by atomic mass is 35.5. The van der Waals surface area contributed by atoms with E-state index in [0.717, 1.165) is 14.2 Å². The summed E-state index contributed by atoms with van der Waals surface area (Å²) in [5, 5.41) is 44.2. The van der Waals surface area contributed by atoms with Gasteiger partial charge in [-0.05, 0) is 53.3 Å². The van der Waals surface area contributed by atoms with Crippen LogP contribution in [0.4, 0.5) is 22.7 Å². The van der Waals surface area contributed by atoms with Crippen molar-refractivity contribution in [3.8, 4) is 11.5 Å². The highest BCUT2D eigenvalue weighted by Gasteiger charge is 2.40. The summed E-state index contributed by atoms with van der Waals surface area (Å²) in [5.41, 5.74) is -0.0910. The second-order valence-electron chi connectivity index (χ2n) is 15.4. The number of rotatable bonds is 18. The third-order valence-corrected chi connectivity index (χ3v) is 15.3. The first-order valence-corrected chi connectivity index (χ1v) is 23.2. The first kappa shape index (κ1) is 47.0. The lowest BCUT2D eigenvalue weighted by molar-refractivity contribution is -0.124. The normalized spacial score (nSPS) is 15.5. The van der Waals surface area contributed by atoms with Crippen LogP contribution in [0.25, 0.3) is 0 Å². The summed E-state index contributed by atoms with van der Waals surface area (Å²) in [7, 11) is -4.88. The van der Waals surface area contributed by atoms with Gasteiger partial charge in [0.15, 0.2) is 17.6 Å². The molecule has 0 aromatic heterocycles. The molecule has 1 aliphatic rings. The number of hydrogen-bond acceptors (Lipinski definition) is 14. The van der Waals surface area contributed by atoms with Crippen molar-refractivity contribution in [3.63, 3.8) is 0 Å². The van der Waals surface area contributed by atoms with Gasteiger partial charge in [-0.3, -0.25) is 14.4 Å². The van der Waals surface area contributed by atoms with Crippen LogP contribution in [0.3, 0.4) is 0 Å². The molecule has 0 aliphatic heterocycles. The molecule has 334 valence electrons. The van der Waals surface area contributed by atoms with Gasteiger partial charge in [0.2, 0.25) is 25.8 Å². The van der Waals surface area contributed by atoms with Crippen molar-refractivity contribution < 1.29 is 36.9 Å². The number of anilines is 4. The lowest BCUT2D eigenvalue weighted by atomic mass is 9.92. The molecule has 1 aliphatic carbocycles. The van der Waals surface area contributed by atoms with Crippen LogP contribution in [0, 0.1) is 5.92 Å². The Morgan fingerprint density at radius 2 is 1.27 bits per heavy atom. The SMILES string of the molecule is CC[C@@H](NC1=C(Nc2ccc(Cl)c(S(=O)(=O)N(C)C)c2O)C(=O)C1O)c1cccc(CN(C)S(=O)(=O)c2c(Cl)ccc(Nc3c(NC(c4ccccc4)C(C)C)c(=O)c3=O)c2O)c1. The number of benzene rings is 4. The molecule has 5 aromatic rings. The average Bonchev–Trinajstić information content (AvgIpc) is 3.24. The molecule has 0 heterocycles. The number of phenols is 2. The summed E-state index contributed by atoms with van der Waals surface area (Å²) in [6, 6.07) is 20.4. The number of phenolic OH excluding ortho intramolecular Hbond substituents is 2. The number of Topliss-reactive ketones (excluding diaryl/α,β-unsaturated/α-hetero) is 1. The lowest BCUT2D eigenvalue weighted by Gasteiger charge is -2.33. The van der Waals surface area contributed by atoms with E-state index in [1.165, 1.54) is 45.4 Å². The van der Waals surface area contributed by atoms with Crippen molar-refractivity contribution in [2.24, 2.45) is 5.92 Å². The number of carbonyl (C=O) groups is 1. The van der Waals surface area contributed by atoms with Gasteiger partial charge in [0.05, 0.1) is 39.2 Å². The zero-order valence-electron chi connectivity index (χ0n) is 34.9. The van der Waals surface area contributed by atoms with E-state index < -0.39 is 70.1 Å². The number of aliphatic hydroxyl groups excluding tert-OH is 1. The second-order valence-corrected chi connectivity index (χ2v) is 20.3. The molecule has 0 spiro atoms. The third kappa shape index (κ3) is 9.02. The molecule has 6 rings (SSSR count). The highest BCUT2D eigenvalue weighted by molar-refractivity contribution is 7.89. The first-order chi connectivity index (χ1) is 29.6. The van der Waals surface area contributed by atoms with Gasteiger partial charge in [0.1, 0.15) is 26.9 Å². The summed E-state index contributed by atoms with van der Waals surface area (Å²) in [6.45, 7) is 5.54. The van der Waals surface area contributed by atoms with Crippen LogP contribution in [0.1, 0.15) is 56.0 Å². The monoisotopic (exact) mass is 940 g/mol. The Kier molecular flexibility index (Phi) is 13.7. The van der Waals surface area contributed by atoms with Crippen LogP contribution >= 0.6 is 23.2 Å². The predicted octanol–water partition coefficient (Wildman–Crippen LogP) is 5.93. The summed E-state index contributed by atoms with van der Waals surface area (Å²) < 4.78 is 55.8. The fraction of sp³-hybridized carbons (Fsp3) is 0.279. The molecule has 0 saturated carbocycles. The molecule has 0 radical (unpaired) electrons. The number of nitrogens with one attached hydrogen (secondary N) is 4. The van der Waals surface area contributed by atoms with Gasteiger partial charge in [-0.15, -0.1) is 0 Å². The van der Waals surface area contributed by atoms with Crippen LogP contribution in [0.2, 0.25) is 10.0 Å². The lowest BCUT2D eigenvalue weighted by Crippen LogP contribution is -2.46. The van der Waals surface area contributed by atoms with Crippen LogP contribution in [0.5, 0.6) is 11.5 Å². The first-order valence-electron chi connectivity index (χ1n) is 19.5. The number of halogens is 2. The molecule has 0 bridgehead atoms. The largest absolute Gasteiger partial charge is 0.504 e. The second kappa shape index (κ2) is 18.3. The van der Waals surface area contributed by atoms with Crippen molar-refractivity contribution in [3.05, 3.63) is 137 Å². The maximum atomic E-state index is 14.1. The summed E-state index contributed by atoms with van der Waals surface area (Å²) >= 11 is 12.6. The van der Waals surface area contributed by atoms with Gasteiger partial charge in [-0.1, -0.05) is 98.6 Å². The Morgan fingerprint density at radius 3 is 1.84 bits per heavy atom. The molecule has 3 atom stereocenters. The maximum Gasteiger partial charge on any atom is 0.253 e. The topological polar surface area (TPSA) is 235 Å². The van der Waals surface area contributed by atoms with Gasteiger partial charge >= 0.3 is 0 Å². The van der Waals surface area contributed by atoms with Gasteiger partial charge in [-0.25, -0.2) is 21.1 Å². The average molecular weight is 942 g/mol. The number of nitrogens with zero attached hydrogens (tertiary/aromatic N) is 2. The molecule has 5 aromatic carbocycles. The fourth-order valence-electron chi connectivity index (χ4n) is 7.09. The Labute approximate surface area is 374 Å². The minimum atomic E-state index is -4.52.